The summed E-state index contributed by atoms with van der Waals surface area (Å²) >= 11 is 0. The van der Waals surface area contributed by atoms with Crippen molar-refractivity contribution >= 4 is 23.4 Å². The molecule has 9 nitrogen and oxygen atoms in total. The number of carbonyl (C=O) groups excluding carboxylic acids is 4. The van der Waals surface area contributed by atoms with Crippen LogP contribution in [-0.4, -0.2) is 67.5 Å². The van der Waals surface area contributed by atoms with Gasteiger partial charge in [-0.05, 0) is 62.8 Å². The highest BCUT2D eigenvalue weighted by Gasteiger charge is 2.50. The van der Waals surface area contributed by atoms with Gasteiger partial charge in [-0.3, -0.25) is 19.2 Å². The second kappa shape index (κ2) is 13.2. The third-order valence-electron chi connectivity index (χ3n) is 7.54. The summed E-state index contributed by atoms with van der Waals surface area (Å²) in [5.41, 5.74) is 0.821. The molecule has 2 aliphatic heterocycles. The second-order valence-electron chi connectivity index (χ2n) is 10.8. The Morgan fingerprint density at radius 1 is 1.00 bits per heavy atom. The molecule has 2 amide bonds. The first-order valence-corrected chi connectivity index (χ1v) is 13.8. The maximum absolute atomic E-state index is 13.7. The number of amides is 2. The smallest absolute Gasteiger partial charge is 0.249 e. The van der Waals surface area contributed by atoms with Gasteiger partial charge < -0.3 is 24.8 Å². The van der Waals surface area contributed by atoms with Crippen LogP contribution in [0.5, 0.6) is 5.75 Å². The third-order valence-corrected chi connectivity index (χ3v) is 7.54. The molecular weight excluding hydrogens is 512 g/mol. The molecular formula is C31H38N2O7. The molecule has 214 valence electrons. The van der Waals surface area contributed by atoms with E-state index in [1.165, 1.54) is 0 Å². The first-order valence-electron chi connectivity index (χ1n) is 13.8. The molecule has 5 unspecified atom stereocenters. The number of Topliss-reactive ketones (excluding diaryl/α,β-unsaturated/α-hetero) is 2. The maximum atomic E-state index is 13.7. The van der Waals surface area contributed by atoms with Gasteiger partial charge in [-0.1, -0.05) is 42.5 Å². The van der Waals surface area contributed by atoms with Crippen molar-refractivity contribution in [2.75, 3.05) is 20.3 Å². The fourth-order valence-electron chi connectivity index (χ4n) is 4.86. The Morgan fingerprint density at radius 3 is 2.27 bits per heavy atom. The van der Waals surface area contributed by atoms with Gasteiger partial charge in [0, 0.05) is 18.9 Å². The van der Waals surface area contributed by atoms with Crippen molar-refractivity contribution < 1.29 is 33.4 Å². The Kier molecular flexibility index (Phi) is 9.71. The van der Waals surface area contributed by atoms with Gasteiger partial charge >= 0.3 is 0 Å². The van der Waals surface area contributed by atoms with Gasteiger partial charge in [0.1, 0.15) is 17.5 Å². The van der Waals surface area contributed by atoms with Gasteiger partial charge in [-0.25, -0.2) is 0 Å². The summed E-state index contributed by atoms with van der Waals surface area (Å²) in [6.45, 7) is 4.17. The molecule has 0 saturated carbocycles. The monoisotopic (exact) mass is 550 g/mol. The highest BCUT2D eigenvalue weighted by atomic mass is 16.6. The molecule has 2 N–H and O–H groups in total. The SMILES string of the molecule is COc1ccc(CC(CC(=O)C(C)NC(=O)C2CCCO2)C(=O)NC(Cc2ccccc2)C(=O)C2(C)CO2)cc1. The van der Waals surface area contributed by atoms with E-state index >= 15 is 0 Å². The Hall–Kier alpha value is -3.56. The summed E-state index contributed by atoms with van der Waals surface area (Å²) in [7, 11) is 1.57. The van der Waals surface area contributed by atoms with Gasteiger partial charge in [-0.2, -0.15) is 0 Å². The largest absolute Gasteiger partial charge is 0.497 e. The van der Waals surface area contributed by atoms with Crippen LogP contribution in [0, 0.1) is 5.92 Å². The predicted octanol–water partition coefficient (Wildman–Crippen LogP) is 2.58. The lowest BCUT2D eigenvalue weighted by molar-refractivity contribution is -0.135. The number of methoxy groups -OCH3 is 1. The molecule has 9 heteroatoms. The van der Waals surface area contributed by atoms with Crippen molar-refractivity contribution in [2.45, 2.75) is 69.7 Å². The van der Waals surface area contributed by atoms with Gasteiger partial charge in [0.05, 0.1) is 25.8 Å². The van der Waals surface area contributed by atoms with Crippen LogP contribution in [0.4, 0.5) is 0 Å². The summed E-state index contributed by atoms with van der Waals surface area (Å²) in [6, 6.07) is 15.1. The average molecular weight is 551 g/mol. The second-order valence-corrected chi connectivity index (χ2v) is 10.8. The molecule has 40 heavy (non-hydrogen) atoms. The lowest BCUT2D eigenvalue weighted by atomic mass is 9.89. The Labute approximate surface area is 234 Å². The topological polar surface area (TPSA) is 123 Å². The van der Waals surface area contributed by atoms with Crippen molar-refractivity contribution in [1.82, 2.24) is 10.6 Å². The molecule has 2 aromatic rings. The zero-order valence-electron chi connectivity index (χ0n) is 23.3. The molecule has 2 aromatic carbocycles. The zero-order valence-corrected chi connectivity index (χ0v) is 23.3. The lowest BCUT2D eigenvalue weighted by Gasteiger charge is -2.24. The zero-order chi connectivity index (χ0) is 28.7. The van der Waals surface area contributed by atoms with E-state index in [4.69, 9.17) is 14.2 Å². The number of ketones is 2. The normalized spacial score (nSPS) is 22.0. The van der Waals surface area contributed by atoms with Crippen molar-refractivity contribution in [2.24, 2.45) is 5.92 Å². The molecule has 0 radical (unpaired) electrons. The number of benzene rings is 2. The van der Waals surface area contributed by atoms with Crippen LogP contribution in [0.15, 0.2) is 54.6 Å². The summed E-state index contributed by atoms with van der Waals surface area (Å²) < 4.78 is 16.1. The van der Waals surface area contributed by atoms with Crippen molar-refractivity contribution in [3.8, 4) is 5.75 Å². The van der Waals surface area contributed by atoms with Gasteiger partial charge in [0.2, 0.25) is 11.8 Å². The Balaban J connectivity index is 1.50. The van der Waals surface area contributed by atoms with E-state index in [1.807, 2.05) is 42.5 Å². The van der Waals surface area contributed by atoms with E-state index in [0.29, 0.717) is 31.8 Å². The molecule has 0 spiro atoms. The van der Waals surface area contributed by atoms with Crippen LogP contribution in [0.2, 0.25) is 0 Å². The number of nitrogens with one attached hydrogen (secondary N) is 2. The molecule has 0 aromatic heterocycles. The molecule has 2 aliphatic rings. The van der Waals surface area contributed by atoms with Crippen LogP contribution in [0.1, 0.15) is 44.2 Å². The first-order chi connectivity index (χ1) is 19.2. The number of hydrogen-bond donors (Lipinski definition) is 2. The molecule has 2 heterocycles. The molecule has 2 saturated heterocycles. The summed E-state index contributed by atoms with van der Waals surface area (Å²) in [5, 5.41) is 5.66. The van der Waals surface area contributed by atoms with Crippen LogP contribution in [-0.2, 0) is 41.5 Å². The van der Waals surface area contributed by atoms with Gasteiger partial charge in [-0.15, -0.1) is 0 Å². The lowest BCUT2D eigenvalue weighted by Crippen LogP contribution is -2.50. The summed E-state index contributed by atoms with van der Waals surface area (Å²) in [6.07, 6.45) is 1.34. The first kappa shape index (κ1) is 29.4. The number of epoxide rings is 1. The third kappa shape index (κ3) is 7.76. The minimum atomic E-state index is -0.921. The van der Waals surface area contributed by atoms with Crippen molar-refractivity contribution in [3.63, 3.8) is 0 Å². The maximum Gasteiger partial charge on any atom is 0.249 e. The van der Waals surface area contributed by atoms with Gasteiger partial charge in [0.25, 0.3) is 0 Å². The van der Waals surface area contributed by atoms with E-state index in [-0.39, 0.29) is 30.3 Å². The predicted molar refractivity (Wildman–Crippen MR) is 148 cm³/mol. The van der Waals surface area contributed by atoms with Crippen LogP contribution < -0.4 is 15.4 Å². The molecule has 2 fully saturated rings. The van der Waals surface area contributed by atoms with Crippen molar-refractivity contribution in [3.05, 3.63) is 65.7 Å². The Bertz CT molecular complexity index is 1190. The minimum Gasteiger partial charge on any atom is -0.497 e. The highest BCUT2D eigenvalue weighted by Crippen LogP contribution is 2.29. The fraction of sp³-hybridized carbons (Fsp3) is 0.484. The number of rotatable bonds is 14. The average Bonchev–Trinajstić information content (AvgIpc) is 3.47. The number of carbonyl (C=O) groups is 4. The molecule has 0 bridgehead atoms. The standard InChI is InChI=1S/C31H38N2O7/c1-20(32-30(37)27-10-7-15-39-27)26(34)18-23(16-22-11-13-24(38-3)14-12-22)29(36)33-25(28(35)31(2)19-40-31)17-21-8-5-4-6-9-21/h4-6,8-9,11-14,20,23,25,27H,7,10,15-19H2,1-3H3,(H,32,37)(H,33,36). The number of hydrogen-bond acceptors (Lipinski definition) is 7. The summed E-state index contributed by atoms with van der Waals surface area (Å²) in [5.74, 6) is -1.28. The quantitative estimate of drug-likeness (QED) is 0.347. The van der Waals surface area contributed by atoms with E-state index in [2.05, 4.69) is 10.6 Å². The van der Waals surface area contributed by atoms with Crippen LogP contribution in [0.25, 0.3) is 0 Å². The molecule has 5 atom stereocenters. The highest BCUT2D eigenvalue weighted by molar-refractivity contribution is 5.98. The van der Waals surface area contributed by atoms with E-state index in [0.717, 1.165) is 17.5 Å². The van der Waals surface area contributed by atoms with Crippen LogP contribution >= 0.6 is 0 Å². The van der Waals surface area contributed by atoms with Crippen LogP contribution in [0.3, 0.4) is 0 Å². The number of ether oxygens (including phenoxy) is 3. The summed E-state index contributed by atoms with van der Waals surface area (Å²) in [4.78, 5) is 52.8. The molecule has 4 rings (SSSR count). The van der Waals surface area contributed by atoms with Gasteiger partial charge in [0.15, 0.2) is 11.6 Å². The Morgan fingerprint density at radius 2 is 1.68 bits per heavy atom. The van der Waals surface area contributed by atoms with E-state index < -0.39 is 35.6 Å². The fourth-order valence-corrected chi connectivity index (χ4v) is 4.86. The minimum absolute atomic E-state index is 0.106. The van der Waals surface area contributed by atoms with E-state index in [1.54, 1.807) is 33.1 Å². The molecule has 0 aliphatic carbocycles. The van der Waals surface area contributed by atoms with E-state index in [9.17, 15) is 19.2 Å². The van der Waals surface area contributed by atoms with Crippen molar-refractivity contribution in [1.29, 1.82) is 0 Å².